The molecule has 1 N–H and O–H groups in total. The summed E-state index contributed by atoms with van der Waals surface area (Å²) in [5.41, 5.74) is 0.825. The van der Waals surface area contributed by atoms with Gasteiger partial charge in [0.1, 0.15) is 5.82 Å². The maximum atomic E-state index is 13.7. The Balaban J connectivity index is 1.65. The van der Waals surface area contributed by atoms with E-state index in [1.54, 1.807) is 0 Å². The Bertz CT molecular complexity index is 1010. The zero-order valence-corrected chi connectivity index (χ0v) is 15.0. The molecule has 142 valence electrons. The van der Waals surface area contributed by atoms with Crippen molar-refractivity contribution in [2.45, 2.75) is 25.3 Å². The molecule has 2 aromatic rings. The van der Waals surface area contributed by atoms with Gasteiger partial charge in [0.05, 0.1) is 11.7 Å². The largest absolute Gasteiger partial charge is 0.367 e. The molecule has 6 nitrogen and oxygen atoms in total. The number of nitrogens with zero attached hydrogens (tertiary/aromatic N) is 2. The lowest BCUT2D eigenvalue weighted by atomic mass is 9.68. The number of fused-ring (bicyclic) bond motifs is 4. The molecule has 2 aromatic carbocycles. The van der Waals surface area contributed by atoms with Gasteiger partial charge in [0.15, 0.2) is 5.41 Å². The Kier molecular flexibility index (Phi) is 3.56. The molecule has 2 saturated heterocycles. The molecule has 2 fully saturated rings. The minimum Gasteiger partial charge on any atom is -0.367 e. The van der Waals surface area contributed by atoms with Crippen molar-refractivity contribution in [3.05, 3.63) is 59.9 Å². The maximum Gasteiger partial charge on any atom is 0.335 e. The topological polar surface area (TPSA) is 69.7 Å². The average molecular weight is 379 g/mol. The summed E-state index contributed by atoms with van der Waals surface area (Å²) in [5, 5.41) is 2.38. The number of rotatable bonds is 1. The minimum atomic E-state index is -1.38. The van der Waals surface area contributed by atoms with Crippen LogP contribution in [0.1, 0.15) is 18.4 Å². The first-order chi connectivity index (χ1) is 13.5. The molecule has 7 heteroatoms. The third kappa shape index (κ3) is 2.16. The van der Waals surface area contributed by atoms with E-state index in [4.69, 9.17) is 0 Å². The summed E-state index contributed by atoms with van der Waals surface area (Å²) in [6.45, 7) is 0.758. The number of para-hydroxylation sites is 1. The van der Waals surface area contributed by atoms with Gasteiger partial charge in [0.25, 0.3) is 5.91 Å². The molecule has 1 spiro atoms. The maximum absolute atomic E-state index is 13.7. The van der Waals surface area contributed by atoms with Crippen molar-refractivity contribution in [1.82, 2.24) is 5.32 Å². The van der Waals surface area contributed by atoms with E-state index in [-0.39, 0.29) is 18.2 Å². The summed E-state index contributed by atoms with van der Waals surface area (Å²) < 4.78 is 13.3. The van der Waals surface area contributed by atoms with Crippen molar-refractivity contribution >= 4 is 29.2 Å². The predicted molar refractivity (Wildman–Crippen MR) is 100 cm³/mol. The second-order valence-corrected chi connectivity index (χ2v) is 7.50. The molecule has 28 heavy (non-hydrogen) atoms. The summed E-state index contributed by atoms with van der Waals surface area (Å²) in [6.07, 6.45) is 1.80. The highest BCUT2D eigenvalue weighted by atomic mass is 19.1. The van der Waals surface area contributed by atoms with Gasteiger partial charge in [-0.1, -0.05) is 18.2 Å². The summed E-state index contributed by atoms with van der Waals surface area (Å²) in [4.78, 5) is 42.4. The van der Waals surface area contributed by atoms with Crippen LogP contribution in [0.3, 0.4) is 0 Å². The van der Waals surface area contributed by atoms with E-state index in [0.29, 0.717) is 6.42 Å². The van der Waals surface area contributed by atoms with Crippen molar-refractivity contribution in [2.24, 2.45) is 5.41 Å². The van der Waals surface area contributed by atoms with Crippen LogP contribution in [0.4, 0.5) is 20.6 Å². The van der Waals surface area contributed by atoms with Crippen LogP contribution in [0, 0.1) is 11.2 Å². The van der Waals surface area contributed by atoms with Crippen LogP contribution in [0.25, 0.3) is 0 Å². The SMILES string of the molecule is O=C1NC(=O)[C@]2(Cc3ccccc3N3CCC[C@H]32)C(=O)N1c1ccc(F)cc1. The van der Waals surface area contributed by atoms with E-state index in [9.17, 15) is 18.8 Å². The Hall–Kier alpha value is -3.22. The van der Waals surface area contributed by atoms with Crippen molar-refractivity contribution < 1.29 is 18.8 Å². The smallest absolute Gasteiger partial charge is 0.335 e. The molecule has 0 aromatic heterocycles. The number of halogens is 1. The van der Waals surface area contributed by atoms with Crippen molar-refractivity contribution in [1.29, 1.82) is 0 Å². The highest BCUT2D eigenvalue weighted by Crippen LogP contribution is 2.48. The van der Waals surface area contributed by atoms with Crippen molar-refractivity contribution in [3.63, 3.8) is 0 Å². The molecule has 4 amide bonds. The van der Waals surface area contributed by atoms with Crippen LogP contribution < -0.4 is 15.1 Å². The standard InChI is InChI=1S/C21H18FN3O3/c22-14-7-9-15(10-8-14)25-19(27)21(18(26)23-20(25)28)12-13-4-1-2-5-16(13)24-11-3-6-17(21)24/h1-2,4-5,7-10,17H,3,6,11-12H2,(H,23,26,28)/t17-,21+/m0/s1. The minimum absolute atomic E-state index is 0.236. The van der Waals surface area contributed by atoms with Crippen LogP contribution >= 0.6 is 0 Å². The number of nitrogens with one attached hydrogen (secondary N) is 1. The number of hydrogen-bond donors (Lipinski definition) is 1. The lowest BCUT2D eigenvalue weighted by Gasteiger charge is -2.49. The molecule has 0 aliphatic carbocycles. The van der Waals surface area contributed by atoms with Crippen LogP contribution in [0.5, 0.6) is 0 Å². The molecule has 0 unspecified atom stereocenters. The van der Waals surface area contributed by atoms with Crippen molar-refractivity contribution in [2.75, 3.05) is 16.3 Å². The molecule has 5 rings (SSSR count). The van der Waals surface area contributed by atoms with Gasteiger partial charge in [-0.15, -0.1) is 0 Å². The van der Waals surface area contributed by atoms with Crippen molar-refractivity contribution in [3.8, 4) is 0 Å². The Morgan fingerprint density at radius 2 is 1.79 bits per heavy atom. The van der Waals surface area contributed by atoms with Crippen LogP contribution in [-0.4, -0.2) is 30.4 Å². The second-order valence-electron chi connectivity index (χ2n) is 7.50. The number of urea groups is 1. The fourth-order valence-electron chi connectivity index (χ4n) is 4.85. The lowest BCUT2D eigenvalue weighted by Crippen LogP contribution is -2.71. The number of carbonyl (C=O) groups excluding carboxylic acids is 3. The quantitative estimate of drug-likeness (QED) is 0.774. The summed E-state index contributed by atoms with van der Waals surface area (Å²) >= 11 is 0. The van der Waals surface area contributed by atoms with E-state index in [1.807, 2.05) is 24.3 Å². The van der Waals surface area contributed by atoms with Gasteiger partial charge < -0.3 is 4.90 Å². The fraction of sp³-hybridized carbons (Fsp3) is 0.286. The summed E-state index contributed by atoms with van der Waals surface area (Å²) in [7, 11) is 0. The summed E-state index contributed by atoms with van der Waals surface area (Å²) in [5.74, 6) is -1.56. The van der Waals surface area contributed by atoms with Gasteiger partial charge >= 0.3 is 6.03 Å². The lowest BCUT2D eigenvalue weighted by molar-refractivity contribution is -0.144. The van der Waals surface area contributed by atoms with E-state index >= 15 is 0 Å². The molecule has 3 aliphatic rings. The zero-order chi connectivity index (χ0) is 19.5. The highest BCUT2D eigenvalue weighted by molar-refractivity contribution is 6.30. The van der Waals surface area contributed by atoms with E-state index in [1.165, 1.54) is 24.3 Å². The number of benzene rings is 2. The number of hydrogen-bond acceptors (Lipinski definition) is 4. The number of imide groups is 2. The molecule has 0 bridgehead atoms. The number of anilines is 2. The normalized spacial score (nSPS) is 26.3. The second kappa shape index (κ2) is 5.89. The molecular weight excluding hydrogens is 361 g/mol. The van der Waals surface area contributed by atoms with Crippen LogP contribution in [0.2, 0.25) is 0 Å². The predicted octanol–water partition coefficient (Wildman–Crippen LogP) is 2.62. The Morgan fingerprint density at radius 1 is 1.04 bits per heavy atom. The molecule has 0 radical (unpaired) electrons. The summed E-state index contributed by atoms with van der Waals surface area (Å²) in [6, 6.07) is 11.8. The first kappa shape index (κ1) is 16.9. The van der Waals surface area contributed by atoms with E-state index in [2.05, 4.69) is 10.2 Å². The van der Waals surface area contributed by atoms with E-state index in [0.717, 1.165) is 29.1 Å². The number of barbiturate groups is 1. The van der Waals surface area contributed by atoms with Gasteiger partial charge in [-0.25, -0.2) is 14.1 Å². The average Bonchev–Trinajstić information content (AvgIpc) is 3.18. The van der Waals surface area contributed by atoms with Crippen LogP contribution in [-0.2, 0) is 16.0 Å². The molecule has 3 heterocycles. The van der Waals surface area contributed by atoms with Gasteiger partial charge in [0, 0.05) is 12.2 Å². The van der Waals surface area contributed by atoms with E-state index < -0.39 is 29.1 Å². The first-order valence-corrected chi connectivity index (χ1v) is 9.32. The zero-order valence-electron chi connectivity index (χ0n) is 15.0. The third-order valence-electron chi connectivity index (χ3n) is 6.09. The number of amides is 4. The Labute approximate surface area is 160 Å². The van der Waals surface area contributed by atoms with Gasteiger partial charge in [0.2, 0.25) is 5.91 Å². The molecule has 3 aliphatic heterocycles. The molecule has 2 atom stereocenters. The molecular formula is C21H18FN3O3. The Morgan fingerprint density at radius 3 is 2.57 bits per heavy atom. The third-order valence-corrected chi connectivity index (χ3v) is 6.09. The number of carbonyl (C=O) groups is 3. The van der Waals surface area contributed by atoms with Gasteiger partial charge in [-0.3, -0.25) is 14.9 Å². The van der Waals surface area contributed by atoms with Gasteiger partial charge in [-0.2, -0.15) is 0 Å². The molecule has 0 saturated carbocycles. The fourth-order valence-corrected chi connectivity index (χ4v) is 4.85. The van der Waals surface area contributed by atoms with Crippen LogP contribution in [0.15, 0.2) is 48.5 Å². The highest BCUT2D eigenvalue weighted by Gasteiger charge is 2.62. The van der Waals surface area contributed by atoms with Gasteiger partial charge in [-0.05, 0) is 55.2 Å². The first-order valence-electron chi connectivity index (χ1n) is 9.32. The monoisotopic (exact) mass is 379 g/mol.